The van der Waals surface area contributed by atoms with Gasteiger partial charge in [-0.05, 0) is 18.6 Å². The van der Waals surface area contributed by atoms with Crippen molar-refractivity contribution in [3.8, 4) is 11.8 Å². The lowest BCUT2D eigenvalue weighted by atomic mass is 10.2. The topological polar surface area (TPSA) is 59.0 Å². The number of anilines is 1. The fourth-order valence-corrected chi connectivity index (χ4v) is 0.824. The zero-order valence-electron chi connectivity index (χ0n) is 6.87. The van der Waals surface area contributed by atoms with Crippen molar-refractivity contribution in [2.45, 2.75) is 6.92 Å². The first-order valence-corrected chi connectivity index (χ1v) is 3.60. The molecule has 0 bridgehead atoms. The van der Waals surface area contributed by atoms with E-state index in [9.17, 15) is 0 Å². The second-order valence-corrected chi connectivity index (χ2v) is 2.47. The summed E-state index contributed by atoms with van der Waals surface area (Å²) in [6.45, 7) is 1.98. The van der Waals surface area contributed by atoms with Crippen molar-refractivity contribution in [1.82, 2.24) is 0 Å². The van der Waals surface area contributed by atoms with Gasteiger partial charge in [-0.1, -0.05) is 6.07 Å². The average molecular weight is 162 g/mol. The minimum atomic E-state index is 0.0580. The van der Waals surface area contributed by atoms with E-state index in [1.807, 2.05) is 19.1 Å². The van der Waals surface area contributed by atoms with Crippen LogP contribution >= 0.6 is 0 Å². The van der Waals surface area contributed by atoms with Gasteiger partial charge >= 0.3 is 0 Å². The minimum Gasteiger partial charge on any atom is -0.479 e. The number of nitrogen functional groups attached to an aromatic ring is 1. The molecule has 0 saturated carbocycles. The highest BCUT2D eigenvalue weighted by Gasteiger charge is 1.96. The van der Waals surface area contributed by atoms with Crippen LogP contribution in [-0.2, 0) is 0 Å². The van der Waals surface area contributed by atoms with Gasteiger partial charge in [-0.25, -0.2) is 0 Å². The number of rotatable bonds is 2. The van der Waals surface area contributed by atoms with Crippen molar-refractivity contribution in [1.29, 1.82) is 5.26 Å². The van der Waals surface area contributed by atoms with Gasteiger partial charge in [0.15, 0.2) is 6.61 Å². The molecule has 0 amide bonds. The summed E-state index contributed by atoms with van der Waals surface area (Å²) in [5, 5.41) is 8.25. The van der Waals surface area contributed by atoms with E-state index in [0.717, 1.165) is 5.56 Å². The van der Waals surface area contributed by atoms with Crippen LogP contribution in [0.1, 0.15) is 5.56 Å². The maximum atomic E-state index is 8.25. The normalized spacial score (nSPS) is 9.00. The van der Waals surface area contributed by atoms with Gasteiger partial charge in [-0.15, -0.1) is 0 Å². The van der Waals surface area contributed by atoms with Gasteiger partial charge in [0.2, 0.25) is 0 Å². The van der Waals surface area contributed by atoms with Crippen molar-refractivity contribution in [3.05, 3.63) is 23.8 Å². The predicted octanol–water partition coefficient (Wildman–Crippen LogP) is 1.48. The molecule has 0 radical (unpaired) electrons. The van der Waals surface area contributed by atoms with E-state index < -0.39 is 0 Å². The third-order valence-corrected chi connectivity index (χ3v) is 1.55. The Hall–Kier alpha value is -1.69. The van der Waals surface area contributed by atoms with Gasteiger partial charge < -0.3 is 10.5 Å². The molecule has 1 aromatic rings. The molecule has 0 aliphatic rings. The fourth-order valence-electron chi connectivity index (χ4n) is 0.824. The molecule has 3 nitrogen and oxygen atoms in total. The van der Waals surface area contributed by atoms with Gasteiger partial charge in [0.25, 0.3) is 0 Å². The zero-order chi connectivity index (χ0) is 8.97. The molecule has 0 aromatic heterocycles. The summed E-state index contributed by atoms with van der Waals surface area (Å²) in [7, 11) is 0. The highest BCUT2D eigenvalue weighted by Crippen LogP contribution is 2.18. The average Bonchev–Trinajstić information content (AvgIpc) is 2.07. The number of hydrogen-bond acceptors (Lipinski definition) is 3. The number of ether oxygens (including phenoxy) is 1. The van der Waals surface area contributed by atoms with Gasteiger partial charge in [-0.2, -0.15) is 5.26 Å². The molecule has 0 saturated heterocycles. The van der Waals surface area contributed by atoms with Gasteiger partial charge in [0.1, 0.15) is 11.8 Å². The van der Waals surface area contributed by atoms with Crippen molar-refractivity contribution < 1.29 is 4.74 Å². The van der Waals surface area contributed by atoms with E-state index in [2.05, 4.69) is 0 Å². The summed E-state index contributed by atoms with van der Waals surface area (Å²) in [5.41, 5.74) is 7.33. The molecule has 1 rings (SSSR count). The highest BCUT2D eigenvalue weighted by molar-refractivity contribution is 5.50. The standard InChI is InChI=1S/C9H10N2O/c1-7-2-3-8(6-9(7)11)12-5-4-10/h2-3,6H,5,11H2,1H3. The van der Waals surface area contributed by atoms with E-state index in [-0.39, 0.29) is 6.61 Å². The maximum absolute atomic E-state index is 8.25. The van der Waals surface area contributed by atoms with Crippen LogP contribution in [0.2, 0.25) is 0 Å². The first kappa shape index (κ1) is 8.41. The number of nitriles is 1. The van der Waals surface area contributed by atoms with E-state index >= 15 is 0 Å². The number of aryl methyl sites for hydroxylation is 1. The van der Waals surface area contributed by atoms with Crippen LogP contribution < -0.4 is 10.5 Å². The quantitative estimate of drug-likeness (QED) is 0.670. The molecule has 0 aliphatic carbocycles. The fraction of sp³-hybridized carbons (Fsp3) is 0.222. The lowest BCUT2D eigenvalue weighted by molar-refractivity contribution is 0.368. The van der Waals surface area contributed by atoms with Gasteiger partial charge in [-0.3, -0.25) is 0 Å². The minimum absolute atomic E-state index is 0.0580. The van der Waals surface area contributed by atoms with Crippen LogP contribution in [0.15, 0.2) is 18.2 Å². The largest absolute Gasteiger partial charge is 0.479 e. The van der Waals surface area contributed by atoms with Crippen LogP contribution in [0.3, 0.4) is 0 Å². The third-order valence-electron chi connectivity index (χ3n) is 1.55. The number of benzene rings is 1. The van der Waals surface area contributed by atoms with Crippen molar-refractivity contribution >= 4 is 5.69 Å². The molecule has 0 fully saturated rings. The predicted molar refractivity (Wildman–Crippen MR) is 46.7 cm³/mol. The number of nitrogens with two attached hydrogens (primary N) is 1. The Balaban J connectivity index is 2.77. The summed E-state index contributed by atoms with van der Waals surface area (Å²) in [4.78, 5) is 0. The van der Waals surface area contributed by atoms with Gasteiger partial charge in [0.05, 0.1) is 0 Å². The van der Waals surface area contributed by atoms with Crippen molar-refractivity contribution in [2.24, 2.45) is 0 Å². The van der Waals surface area contributed by atoms with Crippen molar-refractivity contribution in [2.75, 3.05) is 12.3 Å². The molecule has 0 aliphatic heterocycles. The SMILES string of the molecule is Cc1ccc(OCC#N)cc1N. The Bertz CT molecular complexity index is 315. The van der Waals surface area contributed by atoms with Crippen LogP contribution in [0.25, 0.3) is 0 Å². The van der Waals surface area contributed by atoms with E-state index in [1.165, 1.54) is 0 Å². The highest BCUT2D eigenvalue weighted by atomic mass is 16.5. The second-order valence-electron chi connectivity index (χ2n) is 2.47. The van der Waals surface area contributed by atoms with Crippen LogP contribution in [-0.4, -0.2) is 6.61 Å². The Morgan fingerprint density at radius 1 is 1.58 bits per heavy atom. The Labute approximate surface area is 71.4 Å². The molecule has 62 valence electrons. The Morgan fingerprint density at radius 3 is 2.92 bits per heavy atom. The molecule has 0 spiro atoms. The molecular weight excluding hydrogens is 152 g/mol. The molecule has 0 heterocycles. The number of nitrogens with zero attached hydrogens (tertiary/aromatic N) is 1. The molecule has 0 atom stereocenters. The summed E-state index contributed by atoms with van der Waals surface area (Å²) < 4.78 is 5.05. The Kier molecular flexibility index (Phi) is 2.54. The molecule has 12 heavy (non-hydrogen) atoms. The van der Waals surface area contributed by atoms with E-state index in [1.54, 1.807) is 12.1 Å². The van der Waals surface area contributed by atoms with Crippen LogP contribution in [0.4, 0.5) is 5.69 Å². The summed E-state index contributed by atoms with van der Waals surface area (Å²) in [6.07, 6.45) is 0. The monoisotopic (exact) mass is 162 g/mol. The first-order chi connectivity index (χ1) is 5.74. The second kappa shape index (κ2) is 3.63. The molecule has 0 unspecified atom stereocenters. The van der Waals surface area contributed by atoms with Gasteiger partial charge in [0, 0.05) is 11.8 Å². The first-order valence-electron chi connectivity index (χ1n) is 3.60. The lowest BCUT2D eigenvalue weighted by Crippen LogP contribution is -1.95. The number of hydrogen-bond donors (Lipinski definition) is 1. The third kappa shape index (κ3) is 1.89. The Morgan fingerprint density at radius 2 is 2.33 bits per heavy atom. The lowest BCUT2D eigenvalue weighted by Gasteiger charge is -2.03. The molecular formula is C9H10N2O. The summed E-state index contributed by atoms with van der Waals surface area (Å²) >= 11 is 0. The van der Waals surface area contributed by atoms with Crippen molar-refractivity contribution in [3.63, 3.8) is 0 Å². The maximum Gasteiger partial charge on any atom is 0.174 e. The van der Waals surface area contributed by atoms with Crippen LogP contribution in [0.5, 0.6) is 5.75 Å². The van der Waals surface area contributed by atoms with E-state index in [0.29, 0.717) is 11.4 Å². The van der Waals surface area contributed by atoms with E-state index in [4.69, 9.17) is 15.7 Å². The molecule has 2 N–H and O–H groups in total. The molecule has 3 heteroatoms. The van der Waals surface area contributed by atoms with Crippen LogP contribution in [0, 0.1) is 18.3 Å². The summed E-state index contributed by atoms with van der Waals surface area (Å²) in [6, 6.07) is 7.26. The molecule has 1 aromatic carbocycles. The smallest absolute Gasteiger partial charge is 0.174 e. The summed E-state index contributed by atoms with van der Waals surface area (Å²) in [5.74, 6) is 0.639. The zero-order valence-corrected chi connectivity index (χ0v) is 6.87.